The highest BCUT2D eigenvalue weighted by Crippen LogP contribution is 2.13. The predicted octanol–water partition coefficient (Wildman–Crippen LogP) is 2.68. The topological polar surface area (TPSA) is 32.7 Å². The molecule has 0 saturated heterocycles. The first kappa shape index (κ1) is 15.0. The summed E-state index contributed by atoms with van der Waals surface area (Å²) in [5.74, 6) is 0.887. The lowest BCUT2D eigenvalue weighted by atomic mass is 10.2. The van der Waals surface area contributed by atoms with E-state index in [-0.39, 0.29) is 6.61 Å². The van der Waals surface area contributed by atoms with Crippen LogP contribution in [0.15, 0.2) is 24.3 Å². The van der Waals surface area contributed by atoms with Crippen LogP contribution < -0.4 is 4.74 Å². The number of rotatable bonds is 9. The number of aliphatic hydroxyl groups excluding tert-OH is 1. The summed E-state index contributed by atoms with van der Waals surface area (Å²) in [4.78, 5) is 2.30. The number of methoxy groups -OCH3 is 1. The summed E-state index contributed by atoms with van der Waals surface area (Å²) in [5, 5.41) is 9.09. The van der Waals surface area contributed by atoms with Crippen LogP contribution >= 0.6 is 0 Å². The average molecular weight is 251 g/mol. The fourth-order valence-corrected chi connectivity index (χ4v) is 1.99. The molecule has 1 aromatic rings. The van der Waals surface area contributed by atoms with Crippen LogP contribution in [0.25, 0.3) is 0 Å². The molecule has 102 valence electrons. The van der Waals surface area contributed by atoms with Crippen molar-refractivity contribution in [2.24, 2.45) is 0 Å². The highest BCUT2D eigenvalue weighted by molar-refractivity contribution is 5.27. The Balaban J connectivity index is 2.47. The van der Waals surface area contributed by atoms with Gasteiger partial charge in [0.2, 0.25) is 0 Å². The van der Waals surface area contributed by atoms with E-state index in [0.717, 1.165) is 25.4 Å². The molecule has 0 fully saturated rings. The van der Waals surface area contributed by atoms with Crippen molar-refractivity contribution in [3.63, 3.8) is 0 Å². The molecular weight excluding hydrogens is 226 g/mol. The first-order valence-corrected chi connectivity index (χ1v) is 6.76. The Kier molecular flexibility index (Phi) is 7.46. The molecule has 0 aliphatic carbocycles. The van der Waals surface area contributed by atoms with E-state index in [0.29, 0.717) is 0 Å². The predicted molar refractivity (Wildman–Crippen MR) is 74.9 cm³/mol. The first-order valence-electron chi connectivity index (χ1n) is 6.76. The maximum Gasteiger partial charge on any atom is 0.118 e. The Morgan fingerprint density at radius 2 is 1.83 bits per heavy atom. The van der Waals surface area contributed by atoms with Crippen LogP contribution in [-0.4, -0.2) is 36.8 Å². The maximum absolute atomic E-state index is 9.09. The van der Waals surface area contributed by atoms with Crippen LogP contribution in [0.1, 0.15) is 31.7 Å². The summed E-state index contributed by atoms with van der Waals surface area (Å²) in [7, 11) is 1.68. The quantitative estimate of drug-likeness (QED) is 0.685. The zero-order valence-corrected chi connectivity index (χ0v) is 11.6. The maximum atomic E-state index is 9.09. The van der Waals surface area contributed by atoms with Crippen LogP contribution in [0.5, 0.6) is 5.75 Å². The molecule has 0 unspecified atom stereocenters. The summed E-state index contributed by atoms with van der Waals surface area (Å²) in [6, 6.07) is 8.14. The van der Waals surface area contributed by atoms with E-state index >= 15 is 0 Å². The second-order valence-corrected chi connectivity index (χ2v) is 4.55. The lowest BCUT2D eigenvalue weighted by molar-refractivity contribution is 0.187. The monoisotopic (exact) mass is 251 g/mol. The van der Waals surface area contributed by atoms with Gasteiger partial charge in [0.15, 0.2) is 0 Å². The third-order valence-electron chi connectivity index (χ3n) is 3.06. The lowest BCUT2D eigenvalue weighted by Crippen LogP contribution is -2.27. The van der Waals surface area contributed by atoms with Gasteiger partial charge in [-0.1, -0.05) is 31.9 Å². The normalized spacial score (nSPS) is 10.9. The van der Waals surface area contributed by atoms with Gasteiger partial charge in [-0.15, -0.1) is 0 Å². The van der Waals surface area contributed by atoms with Crippen molar-refractivity contribution in [3.8, 4) is 5.75 Å². The zero-order chi connectivity index (χ0) is 13.2. The molecule has 0 spiro atoms. The third-order valence-corrected chi connectivity index (χ3v) is 3.06. The van der Waals surface area contributed by atoms with Crippen molar-refractivity contribution >= 4 is 0 Å². The first-order chi connectivity index (χ1) is 8.80. The van der Waals surface area contributed by atoms with E-state index in [1.54, 1.807) is 7.11 Å². The molecule has 3 nitrogen and oxygen atoms in total. The molecule has 1 aromatic carbocycles. The molecule has 1 rings (SSSR count). The molecule has 18 heavy (non-hydrogen) atoms. The van der Waals surface area contributed by atoms with Crippen molar-refractivity contribution in [2.75, 3.05) is 26.8 Å². The van der Waals surface area contributed by atoms with Crippen LogP contribution in [0.2, 0.25) is 0 Å². The number of nitrogens with zero attached hydrogens (tertiary/aromatic N) is 1. The van der Waals surface area contributed by atoms with E-state index < -0.39 is 0 Å². The van der Waals surface area contributed by atoms with Crippen molar-refractivity contribution in [1.29, 1.82) is 0 Å². The van der Waals surface area contributed by atoms with Crippen molar-refractivity contribution in [2.45, 2.75) is 32.7 Å². The molecule has 0 aromatic heterocycles. The van der Waals surface area contributed by atoms with E-state index in [9.17, 15) is 0 Å². The van der Waals surface area contributed by atoms with Gasteiger partial charge >= 0.3 is 0 Å². The van der Waals surface area contributed by atoms with Gasteiger partial charge in [0.05, 0.1) is 13.7 Å². The lowest BCUT2D eigenvalue weighted by Gasteiger charge is -2.21. The smallest absolute Gasteiger partial charge is 0.118 e. The Hall–Kier alpha value is -1.06. The fourth-order valence-electron chi connectivity index (χ4n) is 1.99. The Morgan fingerprint density at radius 1 is 1.11 bits per heavy atom. The standard InChI is InChI=1S/C15H25NO2/c1-3-4-5-10-16(11-12-17)13-14-6-8-15(18-2)9-7-14/h6-9,17H,3-5,10-13H2,1-2H3. The highest BCUT2D eigenvalue weighted by atomic mass is 16.5. The summed E-state index contributed by atoms with van der Waals surface area (Å²) < 4.78 is 5.15. The number of hydrogen-bond donors (Lipinski definition) is 1. The molecular formula is C15H25NO2. The molecule has 0 radical (unpaired) electrons. The summed E-state index contributed by atoms with van der Waals surface area (Å²) >= 11 is 0. The van der Waals surface area contributed by atoms with Gasteiger partial charge in [0, 0.05) is 13.1 Å². The molecule has 3 heteroatoms. The molecule has 0 amide bonds. The minimum Gasteiger partial charge on any atom is -0.497 e. The molecule has 0 atom stereocenters. The van der Waals surface area contributed by atoms with Crippen LogP contribution in [0.4, 0.5) is 0 Å². The molecule has 0 aliphatic heterocycles. The van der Waals surface area contributed by atoms with E-state index in [1.807, 2.05) is 12.1 Å². The molecule has 0 aliphatic rings. The van der Waals surface area contributed by atoms with Gasteiger partial charge in [-0.25, -0.2) is 0 Å². The summed E-state index contributed by atoms with van der Waals surface area (Å²) in [6.45, 7) is 5.13. The van der Waals surface area contributed by atoms with E-state index in [2.05, 4.69) is 24.0 Å². The SMILES string of the molecule is CCCCCN(CCO)Cc1ccc(OC)cc1. The molecule has 0 bridgehead atoms. The number of unbranched alkanes of at least 4 members (excludes halogenated alkanes) is 2. The second-order valence-electron chi connectivity index (χ2n) is 4.55. The zero-order valence-electron chi connectivity index (χ0n) is 11.6. The number of benzene rings is 1. The van der Waals surface area contributed by atoms with Crippen LogP contribution in [0, 0.1) is 0 Å². The summed E-state index contributed by atoms with van der Waals surface area (Å²) in [5.41, 5.74) is 1.26. The number of hydrogen-bond acceptors (Lipinski definition) is 3. The van der Waals surface area contributed by atoms with Gasteiger partial charge in [-0.3, -0.25) is 4.90 Å². The minimum absolute atomic E-state index is 0.224. The Labute approximate surface area is 110 Å². The van der Waals surface area contributed by atoms with Gasteiger partial charge < -0.3 is 9.84 Å². The highest BCUT2D eigenvalue weighted by Gasteiger charge is 2.05. The second kappa shape index (κ2) is 8.95. The van der Waals surface area contributed by atoms with Crippen molar-refractivity contribution in [1.82, 2.24) is 4.90 Å². The van der Waals surface area contributed by atoms with Gasteiger partial charge in [0.1, 0.15) is 5.75 Å². The molecule has 0 saturated carbocycles. The van der Waals surface area contributed by atoms with E-state index in [1.165, 1.54) is 24.8 Å². The molecule has 1 N–H and O–H groups in total. The van der Waals surface area contributed by atoms with Crippen molar-refractivity contribution in [3.05, 3.63) is 29.8 Å². The van der Waals surface area contributed by atoms with E-state index in [4.69, 9.17) is 9.84 Å². The number of ether oxygens (including phenoxy) is 1. The van der Waals surface area contributed by atoms with Gasteiger partial charge in [-0.2, -0.15) is 0 Å². The Bertz CT molecular complexity index is 311. The van der Waals surface area contributed by atoms with Crippen LogP contribution in [0.3, 0.4) is 0 Å². The average Bonchev–Trinajstić information content (AvgIpc) is 2.40. The van der Waals surface area contributed by atoms with Crippen molar-refractivity contribution < 1.29 is 9.84 Å². The minimum atomic E-state index is 0.224. The third kappa shape index (κ3) is 5.52. The Morgan fingerprint density at radius 3 is 2.39 bits per heavy atom. The van der Waals surface area contributed by atoms with Crippen LogP contribution in [-0.2, 0) is 6.54 Å². The summed E-state index contributed by atoms with van der Waals surface area (Å²) in [6.07, 6.45) is 3.69. The molecule has 0 heterocycles. The fraction of sp³-hybridized carbons (Fsp3) is 0.600. The van der Waals surface area contributed by atoms with Gasteiger partial charge in [0.25, 0.3) is 0 Å². The largest absolute Gasteiger partial charge is 0.497 e. The van der Waals surface area contributed by atoms with Gasteiger partial charge in [-0.05, 0) is 30.7 Å². The number of aliphatic hydroxyl groups is 1.